The third-order valence-corrected chi connectivity index (χ3v) is 3.68. The number of carbonyl (C=O) groups is 2. The molecule has 7 nitrogen and oxygen atoms in total. The van der Waals surface area contributed by atoms with Gasteiger partial charge in [-0.05, 0) is 12.5 Å². The zero-order valence-corrected chi connectivity index (χ0v) is 11.6. The molecule has 1 amide bonds. The van der Waals surface area contributed by atoms with Crippen molar-refractivity contribution in [3.8, 4) is 0 Å². The maximum atomic E-state index is 11.8. The Labute approximate surface area is 113 Å². The zero-order chi connectivity index (χ0) is 14.4. The van der Waals surface area contributed by atoms with E-state index < -0.39 is 28.7 Å². The number of nitrogens with one attached hydrogen (secondary N) is 1. The van der Waals surface area contributed by atoms with E-state index in [4.69, 9.17) is 5.11 Å². The van der Waals surface area contributed by atoms with E-state index in [2.05, 4.69) is 10.4 Å². The molecule has 1 rings (SSSR count). The van der Waals surface area contributed by atoms with Gasteiger partial charge in [0.15, 0.2) is 0 Å². The van der Waals surface area contributed by atoms with Crippen LogP contribution in [0.4, 0.5) is 0 Å². The lowest BCUT2D eigenvalue weighted by Gasteiger charge is -2.12. The molecule has 0 radical (unpaired) electrons. The van der Waals surface area contributed by atoms with Crippen molar-refractivity contribution in [3.05, 3.63) is 18.0 Å². The van der Waals surface area contributed by atoms with Crippen LogP contribution in [-0.4, -0.2) is 48.5 Å². The molecule has 0 saturated carbocycles. The number of hydrogen-bond acceptors (Lipinski definition) is 4. The van der Waals surface area contributed by atoms with Gasteiger partial charge in [0, 0.05) is 29.7 Å². The number of carboxylic acid groups (broad SMARTS) is 1. The normalized spacial score (nSPS) is 13.8. The Bertz CT molecular complexity index is 486. The number of amides is 1. The van der Waals surface area contributed by atoms with Crippen LogP contribution in [0.3, 0.4) is 0 Å². The minimum Gasteiger partial charge on any atom is -0.480 e. The molecule has 19 heavy (non-hydrogen) atoms. The zero-order valence-electron chi connectivity index (χ0n) is 10.8. The lowest BCUT2D eigenvalue weighted by atomic mass is 10.3. The minimum absolute atomic E-state index is 0.102. The van der Waals surface area contributed by atoms with Crippen molar-refractivity contribution < 1.29 is 18.9 Å². The highest BCUT2D eigenvalue weighted by Crippen LogP contribution is 1.97. The molecule has 1 heterocycles. The topological polar surface area (TPSA) is 101 Å². The predicted octanol–water partition coefficient (Wildman–Crippen LogP) is -0.470. The molecule has 0 fully saturated rings. The number of carbonyl (C=O) groups excluding carboxylic acids is 1. The van der Waals surface area contributed by atoms with Gasteiger partial charge in [-0.2, -0.15) is 5.10 Å². The van der Waals surface area contributed by atoms with E-state index >= 15 is 0 Å². The van der Waals surface area contributed by atoms with Gasteiger partial charge in [-0.1, -0.05) is 0 Å². The predicted molar refractivity (Wildman–Crippen MR) is 70.1 cm³/mol. The fraction of sp³-hybridized carbons (Fsp3) is 0.545. The van der Waals surface area contributed by atoms with Crippen LogP contribution in [0.15, 0.2) is 12.4 Å². The van der Waals surface area contributed by atoms with Crippen molar-refractivity contribution >= 4 is 22.7 Å². The first-order valence-corrected chi connectivity index (χ1v) is 7.21. The average Bonchev–Trinajstić information content (AvgIpc) is 2.71. The van der Waals surface area contributed by atoms with E-state index in [0.717, 1.165) is 5.56 Å². The van der Waals surface area contributed by atoms with Gasteiger partial charge in [0.05, 0.1) is 18.5 Å². The summed E-state index contributed by atoms with van der Waals surface area (Å²) >= 11 is 0. The van der Waals surface area contributed by atoms with Gasteiger partial charge in [0.2, 0.25) is 5.91 Å². The summed E-state index contributed by atoms with van der Waals surface area (Å²) in [7, 11) is -1.33. The smallest absolute Gasteiger partial charge is 0.327 e. The van der Waals surface area contributed by atoms with Gasteiger partial charge in [-0.25, -0.2) is 4.79 Å². The number of aromatic nitrogens is 2. The van der Waals surface area contributed by atoms with Crippen molar-refractivity contribution in [2.75, 3.05) is 11.5 Å². The van der Waals surface area contributed by atoms with E-state index in [0.29, 0.717) is 12.3 Å². The molecule has 0 aromatic carbocycles. The quantitative estimate of drug-likeness (QED) is 0.706. The summed E-state index contributed by atoms with van der Waals surface area (Å²) < 4.78 is 13.4. The second kappa shape index (κ2) is 7.03. The molecule has 2 atom stereocenters. The van der Waals surface area contributed by atoms with Crippen LogP contribution in [0.2, 0.25) is 0 Å². The molecule has 1 aromatic heterocycles. The first-order valence-electron chi connectivity index (χ1n) is 5.72. The van der Waals surface area contributed by atoms with Crippen LogP contribution < -0.4 is 5.32 Å². The molecule has 2 N–H and O–H groups in total. The fourth-order valence-corrected chi connectivity index (χ4v) is 2.63. The monoisotopic (exact) mass is 287 g/mol. The lowest BCUT2D eigenvalue weighted by Crippen LogP contribution is -2.43. The lowest BCUT2D eigenvalue weighted by molar-refractivity contribution is -0.140. The second-order valence-electron chi connectivity index (χ2n) is 4.18. The Morgan fingerprint density at radius 1 is 1.58 bits per heavy atom. The molecular formula is C11H17N3O4S. The Morgan fingerprint density at radius 2 is 2.26 bits per heavy atom. The first-order chi connectivity index (χ1) is 8.88. The van der Waals surface area contributed by atoms with E-state index in [1.165, 1.54) is 6.92 Å². The number of rotatable bonds is 7. The van der Waals surface area contributed by atoms with Crippen LogP contribution in [0.5, 0.6) is 0 Å². The number of hydrogen-bond donors (Lipinski definition) is 2. The summed E-state index contributed by atoms with van der Waals surface area (Å²) in [5.41, 5.74) is 1.01. The molecule has 1 aromatic rings. The molecule has 0 saturated heterocycles. The van der Waals surface area contributed by atoms with Crippen LogP contribution in [0.25, 0.3) is 0 Å². The molecule has 0 bridgehead atoms. The van der Waals surface area contributed by atoms with Crippen LogP contribution in [0.1, 0.15) is 12.5 Å². The Balaban J connectivity index is 2.44. The van der Waals surface area contributed by atoms with Gasteiger partial charge in [0.25, 0.3) is 0 Å². The molecule has 0 aliphatic rings. The molecular weight excluding hydrogens is 270 g/mol. The molecule has 8 heteroatoms. The summed E-state index contributed by atoms with van der Waals surface area (Å²) in [6.45, 7) is 3.58. The SMILES string of the molecule is CC(=O)NC(CS(=O)CCn1cc(C)cn1)C(=O)O. The van der Waals surface area contributed by atoms with Crippen LogP contribution in [0, 0.1) is 6.92 Å². The van der Waals surface area contributed by atoms with Gasteiger partial charge in [-0.3, -0.25) is 13.7 Å². The third kappa shape index (κ3) is 5.64. The largest absolute Gasteiger partial charge is 0.480 e. The van der Waals surface area contributed by atoms with E-state index in [1.807, 2.05) is 13.1 Å². The summed E-state index contributed by atoms with van der Waals surface area (Å²) in [5.74, 6) is -1.44. The van der Waals surface area contributed by atoms with Crippen molar-refractivity contribution in [2.45, 2.75) is 26.4 Å². The summed E-state index contributed by atoms with van der Waals surface area (Å²) in [6, 6.07) is -1.11. The maximum absolute atomic E-state index is 11.8. The van der Waals surface area contributed by atoms with E-state index in [-0.39, 0.29) is 5.75 Å². The summed E-state index contributed by atoms with van der Waals surface area (Å²) in [4.78, 5) is 21.7. The summed E-state index contributed by atoms with van der Waals surface area (Å²) in [6.07, 6.45) is 3.51. The Morgan fingerprint density at radius 3 is 2.74 bits per heavy atom. The number of aliphatic carboxylic acids is 1. The van der Waals surface area contributed by atoms with E-state index in [9.17, 15) is 13.8 Å². The van der Waals surface area contributed by atoms with Gasteiger partial charge >= 0.3 is 5.97 Å². The maximum Gasteiger partial charge on any atom is 0.327 e. The number of nitrogens with zero attached hydrogens (tertiary/aromatic N) is 2. The molecule has 0 aliphatic heterocycles. The van der Waals surface area contributed by atoms with Gasteiger partial charge < -0.3 is 10.4 Å². The standard InChI is InChI=1S/C11H17N3O4S/c1-8-5-12-14(6-8)3-4-19(18)7-10(11(16)17)13-9(2)15/h5-6,10H,3-4,7H2,1-2H3,(H,13,15)(H,16,17). The highest BCUT2D eigenvalue weighted by Gasteiger charge is 2.21. The Hall–Kier alpha value is -1.70. The highest BCUT2D eigenvalue weighted by atomic mass is 32.2. The van der Waals surface area contributed by atoms with Crippen molar-refractivity contribution in [1.29, 1.82) is 0 Å². The average molecular weight is 287 g/mol. The first kappa shape index (κ1) is 15.4. The van der Waals surface area contributed by atoms with E-state index in [1.54, 1.807) is 10.9 Å². The molecule has 2 unspecified atom stereocenters. The third-order valence-electron chi connectivity index (χ3n) is 2.34. The van der Waals surface area contributed by atoms with Gasteiger partial charge in [-0.15, -0.1) is 0 Å². The Kier molecular flexibility index (Phi) is 5.68. The van der Waals surface area contributed by atoms with Crippen LogP contribution >= 0.6 is 0 Å². The van der Waals surface area contributed by atoms with Crippen LogP contribution in [-0.2, 0) is 26.9 Å². The summed E-state index contributed by atoms with van der Waals surface area (Å²) in [5, 5.41) is 15.2. The second-order valence-corrected chi connectivity index (χ2v) is 5.80. The fourth-order valence-electron chi connectivity index (χ4n) is 1.47. The van der Waals surface area contributed by atoms with Crippen molar-refractivity contribution in [2.24, 2.45) is 0 Å². The number of aryl methyl sites for hydroxylation is 2. The molecule has 0 spiro atoms. The van der Waals surface area contributed by atoms with Gasteiger partial charge in [0.1, 0.15) is 6.04 Å². The highest BCUT2D eigenvalue weighted by molar-refractivity contribution is 7.85. The van der Waals surface area contributed by atoms with Crippen molar-refractivity contribution in [3.63, 3.8) is 0 Å². The minimum atomic E-state index is -1.33. The molecule has 0 aliphatic carbocycles. The number of carboxylic acids is 1. The van der Waals surface area contributed by atoms with Crippen molar-refractivity contribution in [1.82, 2.24) is 15.1 Å². The molecule has 106 valence electrons.